The maximum absolute atomic E-state index is 13.1. The van der Waals surface area contributed by atoms with Gasteiger partial charge in [-0.2, -0.15) is 0 Å². The quantitative estimate of drug-likeness (QED) is 0.592. The van der Waals surface area contributed by atoms with Crippen molar-refractivity contribution in [3.05, 3.63) is 59.2 Å². The number of methoxy groups -OCH3 is 1. The van der Waals surface area contributed by atoms with E-state index < -0.39 is 28.7 Å². The molecule has 1 aromatic carbocycles. The van der Waals surface area contributed by atoms with Crippen LogP contribution in [0, 0.1) is 5.41 Å². The summed E-state index contributed by atoms with van der Waals surface area (Å²) in [6.45, 7) is 6.52. The number of amides is 1. The van der Waals surface area contributed by atoms with Gasteiger partial charge in [0.05, 0.1) is 7.11 Å². The van der Waals surface area contributed by atoms with Crippen LogP contribution in [0.4, 0.5) is 4.79 Å². The first-order valence-electron chi connectivity index (χ1n) is 9.41. The normalized spacial score (nSPS) is 33.1. The van der Waals surface area contributed by atoms with Gasteiger partial charge in [0, 0.05) is 13.1 Å². The maximum Gasteiger partial charge on any atom is 0.410 e. The van der Waals surface area contributed by atoms with Crippen molar-refractivity contribution in [1.29, 1.82) is 0 Å². The molecule has 0 saturated carbocycles. The van der Waals surface area contributed by atoms with Crippen LogP contribution in [0.3, 0.4) is 0 Å². The topological polar surface area (TPSA) is 65.1 Å². The molecule has 0 aliphatic carbocycles. The van der Waals surface area contributed by atoms with E-state index in [1.54, 1.807) is 4.90 Å². The number of nitrogens with zero attached hydrogens (tertiary/aromatic N) is 1. The van der Waals surface area contributed by atoms with Crippen molar-refractivity contribution in [2.24, 2.45) is 5.41 Å². The Hall–Kier alpha value is -2.60. The van der Waals surface area contributed by atoms with Gasteiger partial charge in [-0.25, -0.2) is 4.79 Å². The first-order valence-corrected chi connectivity index (χ1v) is 9.41. The molecular formula is C22H25NO5. The smallest absolute Gasteiger partial charge is 0.410 e. The van der Waals surface area contributed by atoms with E-state index in [1.807, 2.05) is 63.3 Å². The minimum atomic E-state index is -1.07. The average molecular weight is 383 g/mol. The van der Waals surface area contributed by atoms with E-state index in [2.05, 4.69) is 0 Å². The molecule has 1 fully saturated rings. The Bertz CT molecular complexity index is 891. The lowest BCUT2D eigenvalue weighted by atomic mass is 9.60. The Morgan fingerprint density at radius 1 is 1.18 bits per heavy atom. The molecule has 3 aliphatic heterocycles. The molecule has 1 aromatic rings. The van der Waals surface area contributed by atoms with Crippen molar-refractivity contribution < 1.29 is 23.8 Å². The summed E-state index contributed by atoms with van der Waals surface area (Å²) >= 11 is 0. The van der Waals surface area contributed by atoms with Crippen molar-refractivity contribution in [3.63, 3.8) is 0 Å². The molecule has 0 unspecified atom stereocenters. The van der Waals surface area contributed by atoms with Crippen LogP contribution < -0.4 is 0 Å². The van der Waals surface area contributed by atoms with Gasteiger partial charge in [-0.15, -0.1) is 0 Å². The van der Waals surface area contributed by atoms with Crippen molar-refractivity contribution in [2.75, 3.05) is 20.2 Å². The van der Waals surface area contributed by atoms with E-state index in [1.165, 1.54) is 7.11 Å². The summed E-state index contributed by atoms with van der Waals surface area (Å²) in [6.07, 6.45) is 3.46. The number of hydrogen-bond acceptors (Lipinski definition) is 5. The van der Waals surface area contributed by atoms with Crippen LogP contribution in [0.25, 0.3) is 0 Å². The predicted molar refractivity (Wildman–Crippen MR) is 102 cm³/mol. The average Bonchev–Trinajstić information content (AvgIpc) is 3.11. The van der Waals surface area contributed by atoms with Crippen LogP contribution in [0.5, 0.6) is 0 Å². The second kappa shape index (κ2) is 6.21. The first kappa shape index (κ1) is 18.7. The van der Waals surface area contributed by atoms with Gasteiger partial charge in [0.2, 0.25) is 0 Å². The molecule has 0 aromatic heterocycles. The molecule has 6 heteroatoms. The molecule has 1 saturated heterocycles. The molecule has 0 N–H and O–H groups in total. The molecule has 4 rings (SSSR count). The molecule has 28 heavy (non-hydrogen) atoms. The van der Waals surface area contributed by atoms with Gasteiger partial charge in [-0.05, 0) is 31.9 Å². The highest BCUT2D eigenvalue weighted by atomic mass is 16.6. The number of esters is 1. The Kier molecular flexibility index (Phi) is 4.16. The van der Waals surface area contributed by atoms with Crippen molar-refractivity contribution in [2.45, 2.75) is 38.6 Å². The number of carbonyl (C=O) groups is 2. The second-order valence-electron chi connectivity index (χ2n) is 8.10. The largest absolute Gasteiger partial charge is 0.468 e. The van der Waals surface area contributed by atoms with Crippen LogP contribution in [0.15, 0.2) is 53.6 Å². The zero-order valence-corrected chi connectivity index (χ0v) is 16.7. The zero-order chi connectivity index (χ0) is 20.2. The van der Waals surface area contributed by atoms with Gasteiger partial charge in [0.1, 0.15) is 23.2 Å². The van der Waals surface area contributed by atoms with Crippen molar-refractivity contribution >= 4 is 12.1 Å². The Morgan fingerprint density at radius 3 is 2.57 bits per heavy atom. The Balaban J connectivity index is 1.65. The summed E-state index contributed by atoms with van der Waals surface area (Å²) in [5, 5.41) is 0. The molecule has 2 bridgehead atoms. The summed E-state index contributed by atoms with van der Waals surface area (Å²) < 4.78 is 17.0. The number of rotatable bonds is 3. The van der Waals surface area contributed by atoms with Crippen LogP contribution in [-0.2, 0) is 25.6 Å². The van der Waals surface area contributed by atoms with E-state index in [9.17, 15) is 9.59 Å². The van der Waals surface area contributed by atoms with E-state index in [0.29, 0.717) is 6.54 Å². The fourth-order valence-corrected chi connectivity index (χ4v) is 5.08. The lowest BCUT2D eigenvalue weighted by Gasteiger charge is -2.46. The molecule has 3 aliphatic rings. The van der Waals surface area contributed by atoms with Crippen molar-refractivity contribution in [1.82, 2.24) is 4.90 Å². The Morgan fingerprint density at radius 2 is 1.89 bits per heavy atom. The predicted octanol–water partition coefficient (Wildman–Crippen LogP) is 3.23. The van der Waals surface area contributed by atoms with E-state index in [0.717, 1.165) is 16.7 Å². The molecule has 0 radical (unpaired) electrons. The van der Waals surface area contributed by atoms with Gasteiger partial charge >= 0.3 is 12.1 Å². The molecule has 3 atom stereocenters. The molecule has 0 spiro atoms. The van der Waals surface area contributed by atoms with Gasteiger partial charge in [0.15, 0.2) is 0 Å². The van der Waals surface area contributed by atoms with Crippen LogP contribution in [-0.4, -0.2) is 48.4 Å². The number of fused-ring (bicyclic) bond motifs is 5. The fourth-order valence-electron chi connectivity index (χ4n) is 5.08. The number of carbonyl (C=O) groups excluding carboxylic acids is 2. The maximum atomic E-state index is 13.1. The molecular weight excluding hydrogens is 358 g/mol. The van der Waals surface area contributed by atoms with E-state index >= 15 is 0 Å². The van der Waals surface area contributed by atoms with Crippen molar-refractivity contribution in [3.8, 4) is 0 Å². The molecule has 1 amide bonds. The minimum absolute atomic E-state index is 0.163. The van der Waals surface area contributed by atoms with Gasteiger partial charge in [0.25, 0.3) is 0 Å². The third-order valence-corrected chi connectivity index (χ3v) is 6.19. The minimum Gasteiger partial charge on any atom is -0.468 e. The monoisotopic (exact) mass is 383 g/mol. The van der Waals surface area contributed by atoms with Crippen LogP contribution in [0.2, 0.25) is 0 Å². The molecule has 3 heterocycles. The SMILES string of the molecule is COC(=O)[C@@]12CN(C(=O)OCc3ccccc3)CC(C)=C1[C@]1(C)C=C[C@@]2(C)O1. The van der Waals surface area contributed by atoms with Gasteiger partial charge in [-0.3, -0.25) is 4.79 Å². The van der Waals surface area contributed by atoms with Crippen LogP contribution >= 0.6 is 0 Å². The summed E-state index contributed by atoms with van der Waals surface area (Å²) in [4.78, 5) is 27.4. The number of benzene rings is 1. The van der Waals surface area contributed by atoms with E-state index in [-0.39, 0.29) is 13.2 Å². The zero-order valence-electron chi connectivity index (χ0n) is 16.7. The fraction of sp³-hybridized carbons (Fsp3) is 0.455. The summed E-state index contributed by atoms with van der Waals surface area (Å²) in [7, 11) is 1.37. The highest BCUT2D eigenvalue weighted by molar-refractivity contribution is 5.88. The first-order chi connectivity index (χ1) is 13.3. The number of hydrogen-bond donors (Lipinski definition) is 0. The third-order valence-electron chi connectivity index (χ3n) is 6.19. The van der Waals surface area contributed by atoms with Crippen LogP contribution in [0.1, 0.15) is 26.3 Å². The summed E-state index contributed by atoms with van der Waals surface area (Å²) in [6, 6.07) is 9.51. The Labute approximate surface area is 164 Å². The lowest BCUT2D eigenvalue weighted by Crippen LogP contribution is -2.59. The third kappa shape index (κ3) is 2.44. The van der Waals surface area contributed by atoms with Gasteiger partial charge < -0.3 is 19.1 Å². The van der Waals surface area contributed by atoms with E-state index in [4.69, 9.17) is 14.2 Å². The highest BCUT2D eigenvalue weighted by Gasteiger charge is 2.72. The second-order valence-corrected chi connectivity index (χ2v) is 8.10. The highest BCUT2D eigenvalue weighted by Crippen LogP contribution is 2.63. The summed E-state index contributed by atoms with van der Waals surface area (Å²) in [5.41, 5.74) is 0.151. The standard InChI is InChI=1S/C22H25NO5/c1-15-12-23(19(25)27-13-16-8-6-5-7-9-16)14-22(18(24)26-4)17(15)20(2)10-11-21(22,3)28-20/h5-11H,12-14H2,1-4H3/t20-,21+,22+/m0/s1. The van der Waals surface area contributed by atoms with Gasteiger partial charge in [-0.1, -0.05) is 48.1 Å². The summed E-state index contributed by atoms with van der Waals surface area (Å²) in [5.74, 6) is -0.391. The number of ether oxygens (including phenoxy) is 3. The molecule has 148 valence electrons. The lowest BCUT2D eigenvalue weighted by molar-refractivity contribution is -0.160. The molecule has 6 nitrogen and oxygen atoms in total.